The van der Waals surface area contributed by atoms with Gasteiger partial charge < -0.3 is 15.4 Å². The first kappa shape index (κ1) is 15.8. The molecule has 1 aromatic rings. The monoisotopic (exact) mass is 340 g/mol. The molecule has 1 unspecified atom stereocenters. The Hall–Kier alpha value is -1.28. The Balaban J connectivity index is 2.80. The van der Waals surface area contributed by atoms with Crippen LogP contribution < -0.4 is 15.4 Å². The molecule has 0 radical (unpaired) electrons. The lowest BCUT2D eigenvalue weighted by Crippen LogP contribution is -2.35. The molecule has 4 nitrogen and oxygen atoms in total. The summed E-state index contributed by atoms with van der Waals surface area (Å²) < 4.78 is 40.1. The third kappa shape index (κ3) is 5.07. The van der Waals surface area contributed by atoms with Gasteiger partial charge in [0.25, 0.3) is 0 Å². The van der Waals surface area contributed by atoms with E-state index in [-0.39, 0.29) is 16.1 Å². The van der Waals surface area contributed by atoms with Crippen molar-refractivity contribution in [3.05, 3.63) is 22.7 Å². The zero-order chi connectivity index (χ0) is 14.6. The minimum atomic E-state index is -4.76. The molecule has 0 fully saturated rings. The van der Waals surface area contributed by atoms with Crippen molar-refractivity contribution in [2.45, 2.75) is 19.3 Å². The van der Waals surface area contributed by atoms with Gasteiger partial charge in [-0.3, -0.25) is 4.79 Å². The number of anilines is 1. The molecule has 0 aliphatic rings. The SMILES string of the molecule is CNC(C)C(=O)Nc1ccc(OC(F)(F)F)c(Br)c1. The molecule has 0 spiro atoms. The number of ether oxygens (including phenoxy) is 1. The number of rotatable bonds is 4. The molecule has 0 saturated carbocycles. The predicted molar refractivity (Wildman–Crippen MR) is 68.0 cm³/mol. The second kappa shape index (κ2) is 6.25. The Bertz CT molecular complexity index is 466. The summed E-state index contributed by atoms with van der Waals surface area (Å²) in [7, 11) is 1.63. The molecular weight excluding hydrogens is 329 g/mol. The van der Waals surface area contributed by atoms with Crippen molar-refractivity contribution in [2.75, 3.05) is 12.4 Å². The van der Waals surface area contributed by atoms with Gasteiger partial charge in [-0.15, -0.1) is 13.2 Å². The van der Waals surface area contributed by atoms with E-state index in [1.807, 2.05) is 0 Å². The highest BCUT2D eigenvalue weighted by molar-refractivity contribution is 9.10. The first-order valence-electron chi connectivity index (χ1n) is 5.26. The summed E-state index contributed by atoms with van der Waals surface area (Å²) in [6, 6.07) is 3.37. The molecule has 106 valence electrons. The molecule has 0 aromatic heterocycles. The lowest BCUT2D eigenvalue weighted by molar-refractivity contribution is -0.274. The van der Waals surface area contributed by atoms with Crippen LogP contribution >= 0.6 is 15.9 Å². The summed E-state index contributed by atoms with van der Waals surface area (Å²) in [6.07, 6.45) is -4.76. The largest absolute Gasteiger partial charge is 0.573 e. The van der Waals surface area contributed by atoms with Crippen molar-refractivity contribution >= 4 is 27.5 Å². The zero-order valence-corrected chi connectivity index (χ0v) is 11.7. The molecule has 1 aromatic carbocycles. The average molecular weight is 341 g/mol. The van der Waals surface area contributed by atoms with Gasteiger partial charge in [0, 0.05) is 5.69 Å². The summed E-state index contributed by atoms with van der Waals surface area (Å²) in [5, 5.41) is 5.30. The predicted octanol–water partition coefficient (Wildman–Crippen LogP) is 2.89. The van der Waals surface area contributed by atoms with Gasteiger partial charge in [0.2, 0.25) is 5.91 Å². The van der Waals surface area contributed by atoms with Gasteiger partial charge in [0.05, 0.1) is 10.5 Å². The Labute approximate surface area is 116 Å². The number of carbonyl (C=O) groups excluding carboxylic acids is 1. The maximum Gasteiger partial charge on any atom is 0.573 e. The van der Waals surface area contributed by atoms with Crippen LogP contribution in [0.2, 0.25) is 0 Å². The van der Waals surface area contributed by atoms with Gasteiger partial charge in [-0.1, -0.05) is 0 Å². The smallest absolute Gasteiger partial charge is 0.405 e. The van der Waals surface area contributed by atoms with Crippen LogP contribution in [0.3, 0.4) is 0 Å². The number of hydrogen-bond donors (Lipinski definition) is 2. The van der Waals surface area contributed by atoms with Gasteiger partial charge in [0.1, 0.15) is 5.75 Å². The van der Waals surface area contributed by atoms with Crippen molar-refractivity contribution < 1.29 is 22.7 Å². The van der Waals surface area contributed by atoms with Crippen molar-refractivity contribution in [2.24, 2.45) is 0 Å². The first-order valence-corrected chi connectivity index (χ1v) is 6.05. The Morgan fingerprint density at radius 3 is 2.53 bits per heavy atom. The lowest BCUT2D eigenvalue weighted by atomic mass is 10.2. The first-order chi connectivity index (χ1) is 8.73. The third-order valence-corrected chi connectivity index (χ3v) is 2.87. The van der Waals surface area contributed by atoms with Gasteiger partial charge >= 0.3 is 6.36 Å². The van der Waals surface area contributed by atoms with Crippen molar-refractivity contribution in [3.63, 3.8) is 0 Å². The molecule has 0 heterocycles. The van der Waals surface area contributed by atoms with Crippen LogP contribution in [0.15, 0.2) is 22.7 Å². The molecule has 1 amide bonds. The van der Waals surface area contributed by atoms with E-state index in [0.29, 0.717) is 5.69 Å². The number of carbonyl (C=O) groups is 1. The molecule has 19 heavy (non-hydrogen) atoms. The van der Waals surface area contributed by atoms with E-state index in [1.54, 1.807) is 14.0 Å². The quantitative estimate of drug-likeness (QED) is 0.886. The number of hydrogen-bond acceptors (Lipinski definition) is 3. The lowest BCUT2D eigenvalue weighted by Gasteiger charge is -2.13. The minimum Gasteiger partial charge on any atom is -0.405 e. The Kier molecular flexibility index (Phi) is 5.19. The summed E-state index contributed by atoms with van der Waals surface area (Å²) in [6.45, 7) is 1.66. The van der Waals surface area contributed by atoms with Gasteiger partial charge in [-0.05, 0) is 48.1 Å². The fourth-order valence-corrected chi connectivity index (χ4v) is 1.63. The molecular formula is C11H12BrF3N2O2. The second-order valence-electron chi connectivity index (χ2n) is 3.69. The fourth-order valence-electron chi connectivity index (χ4n) is 1.17. The number of nitrogens with one attached hydrogen (secondary N) is 2. The summed E-state index contributed by atoms with van der Waals surface area (Å²) in [4.78, 5) is 11.6. The number of benzene rings is 1. The minimum absolute atomic E-state index is 0.0970. The highest BCUT2D eigenvalue weighted by Gasteiger charge is 2.32. The number of halogens is 4. The molecule has 1 rings (SSSR count). The van der Waals surface area contributed by atoms with Gasteiger partial charge in [-0.25, -0.2) is 0 Å². The maximum atomic E-state index is 12.1. The molecule has 0 aliphatic heterocycles. The highest BCUT2D eigenvalue weighted by Crippen LogP contribution is 2.32. The Morgan fingerprint density at radius 1 is 1.42 bits per heavy atom. The van der Waals surface area contributed by atoms with Crippen molar-refractivity contribution in [1.82, 2.24) is 5.32 Å². The maximum absolute atomic E-state index is 12.1. The van der Waals surface area contributed by atoms with E-state index in [9.17, 15) is 18.0 Å². The van der Waals surface area contributed by atoms with Crippen LogP contribution in [0.1, 0.15) is 6.92 Å². The van der Waals surface area contributed by atoms with Gasteiger partial charge in [0.15, 0.2) is 0 Å². The van der Waals surface area contributed by atoms with Crippen LogP contribution in [-0.4, -0.2) is 25.4 Å². The fraction of sp³-hybridized carbons (Fsp3) is 0.364. The number of alkyl halides is 3. The topological polar surface area (TPSA) is 50.4 Å². The molecule has 2 N–H and O–H groups in total. The van der Waals surface area contributed by atoms with E-state index in [2.05, 4.69) is 31.3 Å². The van der Waals surface area contributed by atoms with E-state index in [1.165, 1.54) is 12.1 Å². The van der Waals surface area contributed by atoms with Crippen LogP contribution in [0.25, 0.3) is 0 Å². The van der Waals surface area contributed by atoms with Gasteiger partial charge in [-0.2, -0.15) is 0 Å². The highest BCUT2D eigenvalue weighted by atomic mass is 79.9. The Morgan fingerprint density at radius 2 is 2.05 bits per heavy atom. The van der Waals surface area contributed by atoms with E-state index >= 15 is 0 Å². The summed E-state index contributed by atoms with van der Waals surface area (Å²) in [5.74, 6) is -0.661. The molecule has 1 atom stereocenters. The molecule has 0 aliphatic carbocycles. The average Bonchev–Trinajstić information content (AvgIpc) is 2.30. The summed E-state index contributed by atoms with van der Waals surface area (Å²) >= 11 is 2.95. The molecule has 0 saturated heterocycles. The normalized spacial score (nSPS) is 12.9. The molecule has 0 bridgehead atoms. The van der Waals surface area contributed by atoms with Crippen LogP contribution in [0.4, 0.5) is 18.9 Å². The number of amides is 1. The second-order valence-corrected chi connectivity index (χ2v) is 4.55. The van der Waals surface area contributed by atoms with E-state index in [0.717, 1.165) is 6.07 Å². The third-order valence-electron chi connectivity index (χ3n) is 2.25. The standard InChI is InChI=1S/C11H12BrF3N2O2/c1-6(16-2)10(18)17-7-3-4-9(8(12)5-7)19-11(13,14)15/h3-6,16H,1-2H3,(H,17,18). The van der Waals surface area contributed by atoms with Crippen molar-refractivity contribution in [3.8, 4) is 5.75 Å². The zero-order valence-electron chi connectivity index (χ0n) is 10.1. The van der Waals surface area contributed by atoms with Crippen LogP contribution in [-0.2, 0) is 4.79 Å². The van der Waals surface area contributed by atoms with Crippen molar-refractivity contribution in [1.29, 1.82) is 0 Å². The van der Waals surface area contributed by atoms with Crippen LogP contribution in [0.5, 0.6) is 5.75 Å². The van der Waals surface area contributed by atoms with Crippen LogP contribution in [0, 0.1) is 0 Å². The molecule has 8 heteroatoms. The van der Waals surface area contributed by atoms with E-state index in [4.69, 9.17) is 0 Å². The number of likely N-dealkylation sites (N-methyl/N-ethyl adjacent to an activating group) is 1. The summed E-state index contributed by atoms with van der Waals surface area (Å²) in [5.41, 5.74) is 0.369. The van der Waals surface area contributed by atoms with E-state index < -0.39 is 12.4 Å².